The van der Waals surface area contributed by atoms with Crippen LogP contribution >= 0.6 is 0 Å². The first kappa shape index (κ1) is 9.77. The molecule has 3 heteroatoms. The molecule has 15 heavy (non-hydrogen) atoms. The van der Waals surface area contributed by atoms with Crippen molar-refractivity contribution in [2.24, 2.45) is 0 Å². The van der Waals surface area contributed by atoms with E-state index in [0.29, 0.717) is 5.92 Å². The molecule has 0 aliphatic carbocycles. The van der Waals surface area contributed by atoms with Crippen molar-refractivity contribution in [1.29, 1.82) is 0 Å². The molecule has 78 valence electrons. The number of nitrogens with two attached hydrogens (primary N) is 1. The molecule has 0 fully saturated rings. The maximum atomic E-state index is 5.75. The lowest BCUT2D eigenvalue weighted by Crippen LogP contribution is -2.03. The Bertz CT molecular complexity index is 457. The average Bonchev–Trinajstić information content (AvgIpc) is 2.65. The van der Waals surface area contributed by atoms with E-state index < -0.39 is 0 Å². The fourth-order valence-corrected chi connectivity index (χ4v) is 1.62. The predicted octanol–water partition coefficient (Wildman–Crippen LogP) is 2.58. The number of nitrogen functional groups attached to an aromatic ring is 1. The van der Waals surface area contributed by atoms with E-state index in [4.69, 9.17) is 5.73 Å². The van der Waals surface area contributed by atoms with Gasteiger partial charge in [0.1, 0.15) is 0 Å². The maximum absolute atomic E-state index is 5.75. The van der Waals surface area contributed by atoms with Gasteiger partial charge >= 0.3 is 0 Å². The molecule has 1 aromatic carbocycles. The first-order chi connectivity index (χ1) is 7.18. The van der Waals surface area contributed by atoms with Crippen LogP contribution in [0.4, 0.5) is 5.69 Å². The molecule has 1 heterocycles. The largest absolute Gasteiger partial charge is 0.399 e. The van der Waals surface area contributed by atoms with Gasteiger partial charge in [0.2, 0.25) is 0 Å². The van der Waals surface area contributed by atoms with Crippen LogP contribution in [-0.2, 0) is 0 Å². The van der Waals surface area contributed by atoms with Gasteiger partial charge in [-0.3, -0.25) is 0 Å². The standard InChI is InChI=1S/C12H15N3/c1-9(2)12-6-7-14-15(12)11-5-3-4-10(13)8-11/h3-9H,13H2,1-2H3. The molecule has 0 saturated carbocycles. The van der Waals surface area contributed by atoms with Crippen molar-refractivity contribution < 1.29 is 0 Å². The Labute approximate surface area is 89.5 Å². The number of rotatable bonds is 2. The number of nitrogens with zero attached hydrogens (tertiary/aromatic N) is 2. The average molecular weight is 201 g/mol. The Kier molecular flexibility index (Phi) is 2.46. The van der Waals surface area contributed by atoms with Crippen molar-refractivity contribution in [3.63, 3.8) is 0 Å². The summed E-state index contributed by atoms with van der Waals surface area (Å²) in [6.07, 6.45) is 1.82. The van der Waals surface area contributed by atoms with E-state index in [1.165, 1.54) is 5.69 Å². The molecular formula is C12H15N3. The molecule has 2 rings (SSSR count). The number of hydrogen-bond acceptors (Lipinski definition) is 2. The Hall–Kier alpha value is -1.77. The first-order valence-electron chi connectivity index (χ1n) is 5.08. The zero-order valence-corrected chi connectivity index (χ0v) is 9.01. The van der Waals surface area contributed by atoms with Crippen LogP contribution in [0.1, 0.15) is 25.5 Å². The van der Waals surface area contributed by atoms with Gasteiger partial charge in [0.15, 0.2) is 0 Å². The van der Waals surface area contributed by atoms with E-state index in [9.17, 15) is 0 Å². The summed E-state index contributed by atoms with van der Waals surface area (Å²) in [7, 11) is 0. The highest BCUT2D eigenvalue weighted by Gasteiger charge is 2.07. The molecule has 0 spiro atoms. The summed E-state index contributed by atoms with van der Waals surface area (Å²) in [6, 6.07) is 9.79. The van der Waals surface area contributed by atoms with E-state index in [1.807, 2.05) is 41.2 Å². The van der Waals surface area contributed by atoms with Gasteiger partial charge in [0.25, 0.3) is 0 Å². The zero-order valence-electron chi connectivity index (χ0n) is 9.01. The normalized spacial score (nSPS) is 10.9. The molecule has 0 amide bonds. The van der Waals surface area contributed by atoms with Crippen LogP contribution in [-0.4, -0.2) is 9.78 Å². The highest BCUT2D eigenvalue weighted by atomic mass is 15.3. The Morgan fingerprint density at radius 1 is 1.27 bits per heavy atom. The molecule has 0 aliphatic heterocycles. The van der Waals surface area contributed by atoms with Crippen LogP contribution in [0.2, 0.25) is 0 Å². The van der Waals surface area contributed by atoms with E-state index in [-0.39, 0.29) is 0 Å². The molecular weight excluding hydrogens is 186 g/mol. The summed E-state index contributed by atoms with van der Waals surface area (Å²) in [5.41, 5.74) is 8.72. The molecule has 2 N–H and O–H groups in total. The van der Waals surface area contributed by atoms with Gasteiger partial charge in [-0.25, -0.2) is 4.68 Å². The molecule has 2 aromatic rings. The summed E-state index contributed by atoms with van der Waals surface area (Å²) in [5, 5.41) is 4.31. The van der Waals surface area contributed by atoms with Crippen LogP contribution in [0, 0.1) is 0 Å². The fraction of sp³-hybridized carbons (Fsp3) is 0.250. The number of benzene rings is 1. The SMILES string of the molecule is CC(C)c1ccnn1-c1cccc(N)c1. The lowest BCUT2D eigenvalue weighted by Gasteiger charge is -2.10. The smallest absolute Gasteiger partial charge is 0.0669 e. The number of anilines is 1. The topological polar surface area (TPSA) is 43.8 Å². The lowest BCUT2D eigenvalue weighted by atomic mass is 10.1. The molecule has 1 aromatic heterocycles. The number of hydrogen-bond donors (Lipinski definition) is 1. The van der Waals surface area contributed by atoms with Crippen molar-refractivity contribution in [3.8, 4) is 5.69 Å². The van der Waals surface area contributed by atoms with E-state index in [1.54, 1.807) is 0 Å². The summed E-state index contributed by atoms with van der Waals surface area (Å²) >= 11 is 0. The van der Waals surface area contributed by atoms with E-state index in [0.717, 1.165) is 11.4 Å². The van der Waals surface area contributed by atoms with Crippen molar-refractivity contribution in [1.82, 2.24) is 9.78 Å². The van der Waals surface area contributed by atoms with Crippen LogP contribution in [0.15, 0.2) is 36.5 Å². The molecule has 0 atom stereocenters. The third-order valence-electron chi connectivity index (χ3n) is 2.38. The minimum absolute atomic E-state index is 0.453. The van der Waals surface area contributed by atoms with Crippen LogP contribution in [0.3, 0.4) is 0 Å². The molecule has 3 nitrogen and oxygen atoms in total. The van der Waals surface area contributed by atoms with Gasteiger partial charge in [-0.1, -0.05) is 19.9 Å². The quantitative estimate of drug-likeness (QED) is 0.759. The van der Waals surface area contributed by atoms with Crippen molar-refractivity contribution in [2.45, 2.75) is 19.8 Å². The van der Waals surface area contributed by atoms with Crippen LogP contribution in [0.5, 0.6) is 0 Å². The predicted molar refractivity (Wildman–Crippen MR) is 62.1 cm³/mol. The minimum Gasteiger partial charge on any atom is -0.399 e. The summed E-state index contributed by atoms with van der Waals surface area (Å²) < 4.78 is 1.93. The van der Waals surface area contributed by atoms with Crippen LogP contribution < -0.4 is 5.73 Å². The van der Waals surface area contributed by atoms with Gasteiger partial charge < -0.3 is 5.73 Å². The molecule has 0 saturated heterocycles. The Morgan fingerprint density at radius 3 is 2.73 bits per heavy atom. The third-order valence-corrected chi connectivity index (χ3v) is 2.38. The second-order valence-electron chi connectivity index (χ2n) is 3.92. The van der Waals surface area contributed by atoms with Gasteiger partial charge in [0.05, 0.1) is 5.69 Å². The first-order valence-corrected chi connectivity index (χ1v) is 5.08. The Balaban J connectivity index is 2.49. The highest BCUT2D eigenvalue weighted by molar-refractivity contribution is 5.47. The Morgan fingerprint density at radius 2 is 2.07 bits per heavy atom. The van der Waals surface area contributed by atoms with Crippen molar-refractivity contribution in [2.75, 3.05) is 5.73 Å². The fourth-order valence-electron chi connectivity index (χ4n) is 1.62. The van der Waals surface area contributed by atoms with Gasteiger partial charge in [-0.2, -0.15) is 5.10 Å². The van der Waals surface area contributed by atoms with Crippen molar-refractivity contribution in [3.05, 3.63) is 42.2 Å². The zero-order chi connectivity index (χ0) is 10.8. The van der Waals surface area contributed by atoms with Crippen LogP contribution in [0.25, 0.3) is 5.69 Å². The lowest BCUT2D eigenvalue weighted by molar-refractivity contribution is 0.734. The second-order valence-corrected chi connectivity index (χ2v) is 3.92. The monoisotopic (exact) mass is 201 g/mol. The van der Waals surface area contributed by atoms with Gasteiger partial charge in [-0.15, -0.1) is 0 Å². The van der Waals surface area contributed by atoms with Gasteiger partial charge in [0, 0.05) is 17.6 Å². The maximum Gasteiger partial charge on any atom is 0.0669 e. The minimum atomic E-state index is 0.453. The third kappa shape index (κ3) is 1.86. The van der Waals surface area contributed by atoms with Gasteiger partial charge in [-0.05, 0) is 30.2 Å². The van der Waals surface area contributed by atoms with E-state index >= 15 is 0 Å². The highest BCUT2D eigenvalue weighted by Crippen LogP contribution is 2.19. The molecule has 0 unspecified atom stereocenters. The second kappa shape index (κ2) is 3.77. The summed E-state index contributed by atoms with van der Waals surface area (Å²) in [6.45, 7) is 4.31. The van der Waals surface area contributed by atoms with E-state index in [2.05, 4.69) is 18.9 Å². The molecule has 0 aliphatic rings. The summed E-state index contributed by atoms with van der Waals surface area (Å²) in [4.78, 5) is 0. The molecule has 0 radical (unpaired) electrons. The number of aromatic nitrogens is 2. The van der Waals surface area contributed by atoms with Crippen molar-refractivity contribution >= 4 is 5.69 Å². The summed E-state index contributed by atoms with van der Waals surface area (Å²) in [5.74, 6) is 0.453. The molecule has 0 bridgehead atoms.